The standard InChI is InChI=1S/C19H21N3O3/c1-4-21(19(24)15-10-11-18(23)22(5-2)20-15)13(3)17-12-14-8-6-7-9-16(14)25-17/h6-13H,4-5H2,1-3H3. The summed E-state index contributed by atoms with van der Waals surface area (Å²) in [4.78, 5) is 26.3. The third-order valence-corrected chi connectivity index (χ3v) is 4.31. The molecular formula is C19H21N3O3. The first-order valence-electron chi connectivity index (χ1n) is 8.42. The summed E-state index contributed by atoms with van der Waals surface area (Å²) in [5, 5.41) is 5.17. The Labute approximate surface area is 145 Å². The van der Waals surface area contributed by atoms with Gasteiger partial charge in [0, 0.05) is 24.5 Å². The summed E-state index contributed by atoms with van der Waals surface area (Å²) in [6.07, 6.45) is 0. The van der Waals surface area contributed by atoms with Gasteiger partial charge in [-0.3, -0.25) is 9.59 Å². The third kappa shape index (κ3) is 3.20. The Morgan fingerprint density at radius 3 is 2.68 bits per heavy atom. The molecule has 0 aliphatic heterocycles. The number of hydrogen-bond acceptors (Lipinski definition) is 4. The molecule has 0 bridgehead atoms. The molecule has 1 aromatic carbocycles. The molecule has 25 heavy (non-hydrogen) atoms. The number of carbonyl (C=O) groups is 1. The monoisotopic (exact) mass is 339 g/mol. The first-order valence-corrected chi connectivity index (χ1v) is 8.42. The average molecular weight is 339 g/mol. The molecule has 130 valence electrons. The highest BCUT2D eigenvalue weighted by molar-refractivity contribution is 5.92. The van der Waals surface area contributed by atoms with E-state index in [4.69, 9.17) is 4.42 Å². The minimum Gasteiger partial charge on any atom is -0.459 e. The maximum Gasteiger partial charge on any atom is 0.274 e. The number of fused-ring (bicyclic) bond motifs is 1. The molecule has 3 aromatic rings. The van der Waals surface area contributed by atoms with Crippen LogP contribution in [-0.2, 0) is 6.54 Å². The molecule has 0 aliphatic rings. The number of furan rings is 1. The van der Waals surface area contributed by atoms with Crippen LogP contribution in [0.15, 0.2) is 51.7 Å². The summed E-state index contributed by atoms with van der Waals surface area (Å²) < 4.78 is 7.18. The molecule has 0 radical (unpaired) electrons. The van der Waals surface area contributed by atoms with Crippen molar-refractivity contribution in [1.82, 2.24) is 14.7 Å². The molecule has 0 fully saturated rings. The molecular weight excluding hydrogens is 318 g/mol. The van der Waals surface area contributed by atoms with Crippen molar-refractivity contribution in [2.75, 3.05) is 6.54 Å². The van der Waals surface area contributed by atoms with Crippen molar-refractivity contribution in [2.45, 2.75) is 33.4 Å². The third-order valence-electron chi connectivity index (χ3n) is 4.31. The zero-order valence-corrected chi connectivity index (χ0v) is 14.6. The van der Waals surface area contributed by atoms with Crippen LogP contribution in [0.2, 0.25) is 0 Å². The summed E-state index contributed by atoms with van der Waals surface area (Å²) in [6.45, 7) is 6.58. The van der Waals surface area contributed by atoms with Crippen LogP contribution >= 0.6 is 0 Å². The molecule has 3 rings (SSSR count). The van der Waals surface area contributed by atoms with E-state index in [9.17, 15) is 9.59 Å². The Morgan fingerprint density at radius 2 is 2.00 bits per heavy atom. The summed E-state index contributed by atoms with van der Waals surface area (Å²) in [6, 6.07) is 12.3. The van der Waals surface area contributed by atoms with Gasteiger partial charge in [-0.1, -0.05) is 18.2 Å². The van der Waals surface area contributed by atoms with Gasteiger partial charge in [0.25, 0.3) is 11.5 Å². The van der Waals surface area contributed by atoms with Gasteiger partial charge >= 0.3 is 0 Å². The lowest BCUT2D eigenvalue weighted by atomic mass is 10.1. The van der Waals surface area contributed by atoms with Crippen molar-refractivity contribution in [3.8, 4) is 0 Å². The van der Waals surface area contributed by atoms with E-state index in [2.05, 4.69) is 5.10 Å². The van der Waals surface area contributed by atoms with Gasteiger partial charge in [-0.05, 0) is 39.0 Å². The first-order chi connectivity index (χ1) is 12.0. The van der Waals surface area contributed by atoms with Crippen molar-refractivity contribution in [3.63, 3.8) is 0 Å². The van der Waals surface area contributed by atoms with E-state index in [0.717, 1.165) is 16.7 Å². The molecule has 6 nitrogen and oxygen atoms in total. The minimum atomic E-state index is -0.242. The van der Waals surface area contributed by atoms with Crippen LogP contribution in [0.3, 0.4) is 0 Å². The SMILES string of the molecule is CCN(C(=O)c1ccc(=O)n(CC)n1)C(C)c1cc2ccccc2o1. The number of hydrogen-bond donors (Lipinski definition) is 0. The molecule has 0 spiro atoms. The van der Waals surface area contributed by atoms with Crippen LogP contribution in [0, 0.1) is 0 Å². The van der Waals surface area contributed by atoms with Crippen LogP contribution in [0.4, 0.5) is 0 Å². The molecule has 1 amide bonds. The maximum atomic E-state index is 12.9. The summed E-state index contributed by atoms with van der Waals surface area (Å²) in [5.41, 5.74) is 0.837. The van der Waals surface area contributed by atoms with Gasteiger partial charge in [0.15, 0.2) is 0 Å². The fourth-order valence-corrected chi connectivity index (χ4v) is 2.89. The number of para-hydroxylation sites is 1. The normalized spacial score (nSPS) is 12.3. The van der Waals surface area contributed by atoms with Crippen molar-refractivity contribution in [3.05, 3.63) is 64.3 Å². The lowest BCUT2D eigenvalue weighted by Gasteiger charge is -2.26. The van der Waals surface area contributed by atoms with E-state index in [1.54, 1.807) is 4.90 Å². The van der Waals surface area contributed by atoms with Crippen molar-refractivity contribution in [1.29, 1.82) is 0 Å². The lowest BCUT2D eigenvalue weighted by molar-refractivity contribution is 0.0675. The first kappa shape index (κ1) is 17.0. The van der Waals surface area contributed by atoms with E-state index in [-0.39, 0.29) is 23.2 Å². The molecule has 2 aromatic heterocycles. The van der Waals surface area contributed by atoms with Crippen LogP contribution in [0.5, 0.6) is 0 Å². The molecule has 1 atom stereocenters. The molecule has 0 saturated carbocycles. The lowest BCUT2D eigenvalue weighted by Crippen LogP contribution is -2.35. The second kappa shape index (κ2) is 6.93. The predicted octanol–water partition coefficient (Wildman–Crippen LogP) is 3.23. The minimum absolute atomic E-state index is 0.215. The maximum absolute atomic E-state index is 12.9. The highest BCUT2D eigenvalue weighted by Crippen LogP contribution is 2.28. The van der Waals surface area contributed by atoms with E-state index in [0.29, 0.717) is 13.1 Å². The number of amides is 1. The smallest absolute Gasteiger partial charge is 0.274 e. The summed E-state index contributed by atoms with van der Waals surface area (Å²) >= 11 is 0. The van der Waals surface area contributed by atoms with Gasteiger partial charge in [-0.25, -0.2) is 4.68 Å². The second-order valence-corrected chi connectivity index (χ2v) is 5.83. The van der Waals surface area contributed by atoms with E-state index >= 15 is 0 Å². The predicted molar refractivity (Wildman–Crippen MR) is 95.5 cm³/mol. The average Bonchev–Trinajstić information content (AvgIpc) is 3.06. The van der Waals surface area contributed by atoms with Crippen molar-refractivity contribution >= 4 is 16.9 Å². The Balaban J connectivity index is 1.92. The van der Waals surface area contributed by atoms with Gasteiger partial charge < -0.3 is 9.32 Å². The molecule has 0 saturated heterocycles. The number of carbonyl (C=O) groups excluding carboxylic acids is 1. The fourth-order valence-electron chi connectivity index (χ4n) is 2.89. The zero-order chi connectivity index (χ0) is 18.0. The Bertz CT molecular complexity index is 925. The topological polar surface area (TPSA) is 68.3 Å². The molecule has 2 heterocycles. The molecule has 0 N–H and O–H groups in total. The van der Waals surface area contributed by atoms with E-state index in [1.807, 2.05) is 51.1 Å². The van der Waals surface area contributed by atoms with Crippen LogP contribution in [0.25, 0.3) is 11.0 Å². The summed E-state index contributed by atoms with van der Waals surface area (Å²) in [7, 11) is 0. The summed E-state index contributed by atoms with van der Waals surface area (Å²) in [5.74, 6) is 0.498. The number of benzene rings is 1. The zero-order valence-electron chi connectivity index (χ0n) is 14.6. The van der Waals surface area contributed by atoms with Crippen LogP contribution in [0.1, 0.15) is 43.1 Å². The Hall–Kier alpha value is -2.89. The van der Waals surface area contributed by atoms with Crippen LogP contribution in [-0.4, -0.2) is 27.1 Å². The number of aryl methyl sites for hydroxylation is 1. The second-order valence-electron chi connectivity index (χ2n) is 5.83. The largest absolute Gasteiger partial charge is 0.459 e. The number of aromatic nitrogens is 2. The molecule has 1 unspecified atom stereocenters. The van der Waals surface area contributed by atoms with E-state index in [1.165, 1.54) is 16.8 Å². The number of rotatable bonds is 5. The van der Waals surface area contributed by atoms with Crippen molar-refractivity contribution < 1.29 is 9.21 Å². The Morgan fingerprint density at radius 1 is 1.24 bits per heavy atom. The van der Waals surface area contributed by atoms with Gasteiger partial charge in [0.1, 0.15) is 17.0 Å². The molecule has 0 aliphatic carbocycles. The van der Waals surface area contributed by atoms with Gasteiger partial charge in [-0.2, -0.15) is 5.10 Å². The Kier molecular flexibility index (Phi) is 4.70. The van der Waals surface area contributed by atoms with Gasteiger partial charge in [0.05, 0.1) is 6.04 Å². The fraction of sp³-hybridized carbons (Fsp3) is 0.316. The van der Waals surface area contributed by atoms with Crippen LogP contribution < -0.4 is 5.56 Å². The van der Waals surface area contributed by atoms with Gasteiger partial charge in [-0.15, -0.1) is 0 Å². The highest BCUT2D eigenvalue weighted by atomic mass is 16.3. The molecule has 6 heteroatoms. The number of nitrogens with zero attached hydrogens (tertiary/aromatic N) is 3. The van der Waals surface area contributed by atoms with Crippen molar-refractivity contribution in [2.24, 2.45) is 0 Å². The quantitative estimate of drug-likeness (QED) is 0.716. The van der Waals surface area contributed by atoms with E-state index < -0.39 is 0 Å². The van der Waals surface area contributed by atoms with Gasteiger partial charge in [0.2, 0.25) is 0 Å². The highest BCUT2D eigenvalue weighted by Gasteiger charge is 2.25.